The molecule has 2 rings (SSSR count). The Hall–Kier alpha value is -1.91. The predicted octanol–water partition coefficient (Wildman–Crippen LogP) is 1.27. The average molecular weight is 320 g/mol. The summed E-state index contributed by atoms with van der Waals surface area (Å²) in [6.45, 7) is 0. The van der Waals surface area contributed by atoms with Crippen LogP contribution in [0, 0.1) is 0 Å². The fourth-order valence-corrected chi connectivity index (χ4v) is 2.10. The van der Waals surface area contributed by atoms with Crippen LogP contribution in [-0.2, 0) is 24.5 Å². The number of aromatic nitrogens is 1. The third-order valence-corrected chi connectivity index (χ3v) is 3.09. The fourth-order valence-electron chi connectivity index (χ4n) is 1.90. The number of rotatable bonds is 3. The molecular weight excluding hydrogens is 311 g/mol. The van der Waals surface area contributed by atoms with E-state index in [2.05, 4.69) is 5.43 Å². The number of benzene rings is 1. The Morgan fingerprint density at radius 2 is 1.95 bits per heavy atom. The van der Waals surface area contributed by atoms with Crippen LogP contribution in [0.2, 0.25) is 0 Å². The first kappa shape index (κ1) is 15.5. The molecule has 1 unspecified atom stereocenters. The van der Waals surface area contributed by atoms with Crippen molar-refractivity contribution in [3.63, 3.8) is 0 Å². The summed E-state index contributed by atoms with van der Waals surface area (Å²) in [5.41, 5.74) is 0.656. The summed E-state index contributed by atoms with van der Waals surface area (Å²) in [5, 5.41) is 0.0966. The number of nitrogens with one attached hydrogen (secondary N) is 2. The molecule has 0 aliphatic carbocycles. The predicted molar refractivity (Wildman–Crippen MR) is 69.9 cm³/mol. The van der Waals surface area contributed by atoms with Gasteiger partial charge in [0.05, 0.1) is 11.2 Å². The minimum absolute atomic E-state index is 0.0262. The standard InChI is InChI=1S/C11H10F3N3O3S/c1-17-8-4-6(15-16-21(19)20)2-3-7(8)9(18)5-10(17)11(12,13)14/h2-5,15-16H,1H3,(H,19,20)/p-1. The van der Waals surface area contributed by atoms with Gasteiger partial charge in [0.2, 0.25) is 0 Å². The number of halogens is 3. The highest BCUT2D eigenvalue weighted by Crippen LogP contribution is 2.30. The molecule has 0 aliphatic heterocycles. The van der Waals surface area contributed by atoms with Crippen molar-refractivity contribution in [1.82, 2.24) is 9.40 Å². The minimum atomic E-state index is -4.67. The number of hydrogen-bond acceptors (Lipinski definition) is 4. The quantitative estimate of drug-likeness (QED) is 0.659. The van der Waals surface area contributed by atoms with Crippen LogP contribution in [0.1, 0.15) is 5.69 Å². The normalized spacial score (nSPS) is 13.4. The molecule has 0 bridgehead atoms. The topological polar surface area (TPSA) is 86.2 Å². The van der Waals surface area contributed by atoms with Crippen LogP contribution in [0.5, 0.6) is 0 Å². The second-order valence-corrected chi connectivity index (χ2v) is 4.82. The number of nitrogens with zero attached hydrogens (tertiary/aromatic N) is 1. The summed E-state index contributed by atoms with van der Waals surface area (Å²) in [7, 11) is 1.17. The number of fused-ring (bicyclic) bond motifs is 1. The summed E-state index contributed by atoms with van der Waals surface area (Å²) in [4.78, 5) is 13.6. The van der Waals surface area contributed by atoms with Crippen molar-refractivity contribution in [3.8, 4) is 0 Å². The van der Waals surface area contributed by atoms with Gasteiger partial charge in [-0.15, -0.1) is 0 Å². The summed E-state index contributed by atoms with van der Waals surface area (Å²) in [6.07, 6.45) is -4.67. The van der Waals surface area contributed by atoms with Crippen molar-refractivity contribution in [2.45, 2.75) is 6.18 Å². The highest BCUT2D eigenvalue weighted by atomic mass is 32.2. The maximum atomic E-state index is 12.8. The highest BCUT2D eigenvalue weighted by molar-refractivity contribution is 7.77. The third-order valence-electron chi connectivity index (χ3n) is 2.82. The molecule has 2 N–H and O–H groups in total. The summed E-state index contributed by atoms with van der Waals surface area (Å²) in [6, 6.07) is 4.46. The molecule has 0 spiro atoms. The van der Waals surface area contributed by atoms with E-state index in [9.17, 15) is 26.7 Å². The van der Waals surface area contributed by atoms with Gasteiger partial charge < -0.3 is 14.5 Å². The lowest BCUT2D eigenvalue weighted by Crippen LogP contribution is -2.24. The smallest absolute Gasteiger partial charge is 0.431 e. The Morgan fingerprint density at radius 1 is 1.29 bits per heavy atom. The molecule has 1 heterocycles. The Balaban J connectivity index is 2.62. The summed E-state index contributed by atoms with van der Waals surface area (Å²) >= 11 is -2.59. The van der Waals surface area contributed by atoms with Gasteiger partial charge in [-0.3, -0.25) is 9.00 Å². The number of anilines is 1. The van der Waals surface area contributed by atoms with Crippen molar-refractivity contribution in [3.05, 3.63) is 40.2 Å². The van der Waals surface area contributed by atoms with Gasteiger partial charge in [0, 0.05) is 29.8 Å². The van der Waals surface area contributed by atoms with Gasteiger partial charge in [0.1, 0.15) is 5.69 Å². The molecule has 6 nitrogen and oxygen atoms in total. The van der Waals surface area contributed by atoms with Crippen LogP contribution in [-0.4, -0.2) is 13.3 Å². The maximum absolute atomic E-state index is 12.8. The van der Waals surface area contributed by atoms with E-state index < -0.39 is 28.6 Å². The van der Waals surface area contributed by atoms with E-state index in [4.69, 9.17) is 0 Å². The first-order chi connectivity index (χ1) is 9.70. The van der Waals surface area contributed by atoms with Crippen LogP contribution < -0.4 is 15.7 Å². The monoisotopic (exact) mass is 320 g/mol. The molecule has 21 heavy (non-hydrogen) atoms. The number of aryl methyl sites for hydroxylation is 1. The van der Waals surface area contributed by atoms with E-state index in [1.165, 1.54) is 25.2 Å². The van der Waals surface area contributed by atoms with E-state index in [0.717, 1.165) is 4.57 Å². The molecule has 1 aromatic heterocycles. The molecule has 1 aromatic carbocycles. The van der Waals surface area contributed by atoms with Crippen LogP contribution in [0.4, 0.5) is 18.9 Å². The third kappa shape index (κ3) is 3.23. The van der Waals surface area contributed by atoms with Crippen molar-refractivity contribution in [1.29, 1.82) is 0 Å². The molecule has 114 valence electrons. The van der Waals surface area contributed by atoms with Gasteiger partial charge in [0.15, 0.2) is 5.43 Å². The molecule has 10 heteroatoms. The molecule has 0 aliphatic rings. The molecule has 0 radical (unpaired) electrons. The summed E-state index contributed by atoms with van der Waals surface area (Å²) < 4.78 is 60.1. The second kappa shape index (κ2) is 5.47. The van der Waals surface area contributed by atoms with Gasteiger partial charge >= 0.3 is 6.18 Å². The van der Waals surface area contributed by atoms with E-state index in [1.807, 2.05) is 4.83 Å². The van der Waals surface area contributed by atoms with Crippen molar-refractivity contribution >= 4 is 27.9 Å². The van der Waals surface area contributed by atoms with Crippen LogP contribution >= 0.6 is 0 Å². The Kier molecular flexibility index (Phi) is 4.03. The van der Waals surface area contributed by atoms with Gasteiger partial charge in [-0.2, -0.15) is 18.0 Å². The average Bonchev–Trinajstić information content (AvgIpc) is 2.39. The van der Waals surface area contributed by atoms with Crippen molar-refractivity contribution in [2.75, 3.05) is 5.43 Å². The fraction of sp³-hybridized carbons (Fsp3) is 0.182. The van der Waals surface area contributed by atoms with Gasteiger partial charge in [-0.1, -0.05) is 0 Å². The Labute approximate surface area is 119 Å². The van der Waals surface area contributed by atoms with Crippen LogP contribution in [0.25, 0.3) is 10.9 Å². The molecule has 0 amide bonds. The molecule has 1 atom stereocenters. The lowest BCUT2D eigenvalue weighted by molar-refractivity contribution is -0.143. The number of alkyl halides is 3. The first-order valence-electron chi connectivity index (χ1n) is 5.52. The summed E-state index contributed by atoms with van der Waals surface area (Å²) in [5.74, 6) is 0. The molecule has 0 saturated carbocycles. The SMILES string of the molecule is Cn1c(C(F)(F)F)cc(=O)c2ccc(NNS(=O)[O-])cc21. The van der Waals surface area contributed by atoms with Crippen LogP contribution in [0.3, 0.4) is 0 Å². The maximum Gasteiger partial charge on any atom is 0.431 e. The zero-order chi connectivity index (χ0) is 15.8. The van der Waals surface area contributed by atoms with Crippen molar-refractivity contribution in [2.24, 2.45) is 7.05 Å². The molecule has 0 fully saturated rings. The first-order valence-corrected chi connectivity index (χ1v) is 6.59. The minimum Gasteiger partial charge on any atom is -0.759 e. The van der Waals surface area contributed by atoms with E-state index in [0.29, 0.717) is 6.07 Å². The van der Waals surface area contributed by atoms with E-state index in [-0.39, 0.29) is 16.6 Å². The zero-order valence-corrected chi connectivity index (χ0v) is 11.3. The number of pyridine rings is 1. The molecular formula is C11H9F3N3O3S-. The number of hydrogen-bond donors (Lipinski definition) is 2. The highest BCUT2D eigenvalue weighted by Gasteiger charge is 2.34. The van der Waals surface area contributed by atoms with Gasteiger partial charge in [-0.25, -0.2) is 0 Å². The Morgan fingerprint density at radius 3 is 2.52 bits per heavy atom. The molecule has 2 aromatic rings. The lowest BCUT2D eigenvalue weighted by atomic mass is 10.1. The molecule has 0 saturated heterocycles. The van der Waals surface area contributed by atoms with Crippen molar-refractivity contribution < 1.29 is 21.9 Å². The van der Waals surface area contributed by atoms with E-state index in [1.54, 1.807) is 0 Å². The van der Waals surface area contributed by atoms with Gasteiger partial charge in [0.25, 0.3) is 0 Å². The lowest BCUT2D eigenvalue weighted by Gasteiger charge is -2.16. The zero-order valence-electron chi connectivity index (χ0n) is 10.5. The largest absolute Gasteiger partial charge is 0.759 e. The van der Waals surface area contributed by atoms with Gasteiger partial charge in [-0.05, 0) is 18.2 Å². The number of hydrazine groups is 1. The Bertz CT molecular complexity index is 773. The second-order valence-electron chi connectivity index (χ2n) is 4.14. The van der Waals surface area contributed by atoms with Crippen LogP contribution in [0.15, 0.2) is 29.1 Å². The van der Waals surface area contributed by atoms with E-state index >= 15 is 0 Å².